The average molecular weight is 178 g/mol. The molecule has 13 heavy (non-hydrogen) atoms. The summed E-state index contributed by atoms with van der Waals surface area (Å²) in [5, 5.41) is 0. The van der Waals surface area contributed by atoms with Crippen LogP contribution in [0.2, 0.25) is 0 Å². The van der Waals surface area contributed by atoms with Gasteiger partial charge in [-0.3, -0.25) is 4.90 Å². The van der Waals surface area contributed by atoms with Gasteiger partial charge in [0.25, 0.3) is 0 Å². The third kappa shape index (κ3) is 1.51. The summed E-state index contributed by atoms with van der Waals surface area (Å²) in [6, 6.07) is 2.83. The van der Waals surface area contributed by atoms with E-state index in [-0.39, 0.29) is 0 Å². The third-order valence-electron chi connectivity index (χ3n) is 3.03. The van der Waals surface area contributed by atoms with E-state index >= 15 is 0 Å². The van der Waals surface area contributed by atoms with Crippen molar-refractivity contribution < 1.29 is 0 Å². The fraction of sp³-hybridized carbons (Fsp3) is 0.636. The molecule has 0 amide bonds. The number of nitrogens with one attached hydrogen (secondary N) is 1. The zero-order chi connectivity index (χ0) is 9.26. The van der Waals surface area contributed by atoms with Crippen LogP contribution in [0.3, 0.4) is 0 Å². The smallest absolute Gasteiger partial charge is 0.0337 e. The molecule has 1 aliphatic rings. The minimum absolute atomic E-state index is 0.606. The molecule has 72 valence electrons. The Labute approximate surface area is 79.9 Å². The Kier molecular flexibility index (Phi) is 2.40. The minimum atomic E-state index is 0.606. The highest BCUT2D eigenvalue weighted by Crippen LogP contribution is 2.28. The first-order valence-corrected chi connectivity index (χ1v) is 5.23. The molecule has 2 nitrogen and oxygen atoms in total. The third-order valence-corrected chi connectivity index (χ3v) is 3.03. The lowest BCUT2D eigenvalue weighted by Crippen LogP contribution is -2.34. The summed E-state index contributed by atoms with van der Waals surface area (Å²) in [6.07, 6.45) is 4.51. The molecular formula is C11H18N2. The Bertz CT molecular complexity index is 277. The quantitative estimate of drug-likeness (QED) is 0.736. The summed E-state index contributed by atoms with van der Waals surface area (Å²) in [5.74, 6) is 0. The predicted octanol–water partition coefficient (Wildman–Crippen LogP) is 2.34. The van der Waals surface area contributed by atoms with Gasteiger partial charge in [-0.05, 0) is 31.5 Å². The lowest BCUT2D eigenvalue weighted by Gasteiger charge is -2.33. The molecule has 0 aromatic carbocycles. The van der Waals surface area contributed by atoms with E-state index in [2.05, 4.69) is 36.0 Å². The van der Waals surface area contributed by atoms with Gasteiger partial charge in [-0.2, -0.15) is 0 Å². The molecule has 1 aromatic rings. The van der Waals surface area contributed by atoms with Crippen molar-refractivity contribution in [2.24, 2.45) is 0 Å². The van der Waals surface area contributed by atoms with E-state index in [1.807, 2.05) is 0 Å². The first-order valence-electron chi connectivity index (χ1n) is 5.23. The number of aromatic nitrogens is 1. The van der Waals surface area contributed by atoms with E-state index in [1.54, 1.807) is 0 Å². The van der Waals surface area contributed by atoms with Crippen molar-refractivity contribution in [3.63, 3.8) is 0 Å². The van der Waals surface area contributed by atoms with Crippen molar-refractivity contribution in [3.05, 3.63) is 23.5 Å². The highest BCUT2D eigenvalue weighted by Gasteiger charge is 2.23. The summed E-state index contributed by atoms with van der Waals surface area (Å²) in [6.45, 7) is 7.00. The highest BCUT2D eigenvalue weighted by atomic mass is 15.2. The second-order valence-corrected chi connectivity index (χ2v) is 3.87. The van der Waals surface area contributed by atoms with Gasteiger partial charge in [0, 0.05) is 30.9 Å². The molecule has 1 aliphatic heterocycles. The Morgan fingerprint density at radius 2 is 2.46 bits per heavy atom. The maximum Gasteiger partial charge on any atom is 0.0337 e. The number of fused-ring (bicyclic) bond motifs is 1. The summed E-state index contributed by atoms with van der Waals surface area (Å²) >= 11 is 0. The molecule has 0 spiro atoms. The standard InChI is InChI=1S/C11H18N2/c1-3-7-13-8-5-11-10(9(13)2)4-6-12-11/h4,6,9,12H,3,5,7-8H2,1-2H3. The van der Waals surface area contributed by atoms with E-state index in [4.69, 9.17) is 0 Å². The lowest BCUT2D eigenvalue weighted by atomic mass is 10.0. The molecule has 0 fully saturated rings. The molecule has 0 radical (unpaired) electrons. The van der Waals surface area contributed by atoms with E-state index in [0.717, 1.165) is 0 Å². The van der Waals surface area contributed by atoms with Gasteiger partial charge in [-0.1, -0.05) is 6.92 Å². The van der Waals surface area contributed by atoms with Gasteiger partial charge in [0.15, 0.2) is 0 Å². The second-order valence-electron chi connectivity index (χ2n) is 3.87. The normalized spacial score (nSPS) is 23.1. The maximum absolute atomic E-state index is 3.32. The van der Waals surface area contributed by atoms with Crippen molar-refractivity contribution in [1.29, 1.82) is 0 Å². The molecule has 1 aromatic heterocycles. The number of aromatic amines is 1. The van der Waals surface area contributed by atoms with Crippen molar-refractivity contribution in [2.45, 2.75) is 32.7 Å². The van der Waals surface area contributed by atoms with Gasteiger partial charge < -0.3 is 4.98 Å². The van der Waals surface area contributed by atoms with Crippen LogP contribution in [-0.4, -0.2) is 23.0 Å². The van der Waals surface area contributed by atoms with Gasteiger partial charge in [-0.25, -0.2) is 0 Å². The van der Waals surface area contributed by atoms with Crippen LogP contribution in [0.25, 0.3) is 0 Å². The van der Waals surface area contributed by atoms with E-state index in [9.17, 15) is 0 Å². The predicted molar refractivity (Wildman–Crippen MR) is 54.8 cm³/mol. The van der Waals surface area contributed by atoms with Crippen LogP contribution in [0.4, 0.5) is 0 Å². The van der Waals surface area contributed by atoms with Gasteiger partial charge in [-0.15, -0.1) is 0 Å². The van der Waals surface area contributed by atoms with Crippen molar-refractivity contribution >= 4 is 0 Å². The van der Waals surface area contributed by atoms with Gasteiger partial charge in [0.05, 0.1) is 0 Å². The lowest BCUT2D eigenvalue weighted by molar-refractivity contribution is 0.198. The molecule has 1 unspecified atom stereocenters. The Morgan fingerprint density at radius 3 is 3.23 bits per heavy atom. The second kappa shape index (κ2) is 3.54. The highest BCUT2D eigenvalue weighted by molar-refractivity contribution is 5.26. The Balaban J connectivity index is 2.17. The van der Waals surface area contributed by atoms with Gasteiger partial charge in [0.1, 0.15) is 0 Å². The van der Waals surface area contributed by atoms with Crippen LogP contribution in [0, 0.1) is 0 Å². The summed E-state index contributed by atoms with van der Waals surface area (Å²) in [4.78, 5) is 5.89. The molecule has 1 N–H and O–H groups in total. The van der Waals surface area contributed by atoms with E-state index in [1.165, 1.54) is 37.2 Å². The topological polar surface area (TPSA) is 19.0 Å². The van der Waals surface area contributed by atoms with Crippen molar-refractivity contribution in [1.82, 2.24) is 9.88 Å². The average Bonchev–Trinajstić information content (AvgIpc) is 2.58. The molecule has 2 heteroatoms. The molecule has 0 bridgehead atoms. The molecule has 2 rings (SSSR count). The van der Waals surface area contributed by atoms with Crippen LogP contribution >= 0.6 is 0 Å². The fourth-order valence-electron chi connectivity index (χ4n) is 2.26. The van der Waals surface area contributed by atoms with E-state index in [0.29, 0.717) is 6.04 Å². The first kappa shape index (κ1) is 8.82. The van der Waals surface area contributed by atoms with Crippen LogP contribution in [0.15, 0.2) is 12.3 Å². The van der Waals surface area contributed by atoms with Crippen LogP contribution in [-0.2, 0) is 6.42 Å². The SMILES string of the molecule is CCCN1CCc2[nH]ccc2C1C. The monoisotopic (exact) mass is 178 g/mol. The number of rotatable bonds is 2. The molecule has 0 saturated carbocycles. The Hall–Kier alpha value is -0.760. The number of hydrogen-bond acceptors (Lipinski definition) is 1. The van der Waals surface area contributed by atoms with Crippen LogP contribution < -0.4 is 0 Å². The molecular weight excluding hydrogens is 160 g/mol. The van der Waals surface area contributed by atoms with E-state index < -0.39 is 0 Å². The van der Waals surface area contributed by atoms with Crippen molar-refractivity contribution in [3.8, 4) is 0 Å². The minimum Gasteiger partial charge on any atom is -0.365 e. The zero-order valence-electron chi connectivity index (χ0n) is 8.51. The Morgan fingerprint density at radius 1 is 1.62 bits per heavy atom. The van der Waals surface area contributed by atoms with Gasteiger partial charge >= 0.3 is 0 Å². The van der Waals surface area contributed by atoms with Crippen LogP contribution in [0.5, 0.6) is 0 Å². The number of H-pyrrole nitrogens is 1. The number of hydrogen-bond donors (Lipinski definition) is 1. The maximum atomic E-state index is 3.32. The van der Waals surface area contributed by atoms with Crippen molar-refractivity contribution in [2.75, 3.05) is 13.1 Å². The van der Waals surface area contributed by atoms with Gasteiger partial charge in [0.2, 0.25) is 0 Å². The molecule has 0 saturated heterocycles. The first-order chi connectivity index (χ1) is 6.33. The zero-order valence-corrected chi connectivity index (χ0v) is 8.51. The molecule has 0 aliphatic carbocycles. The number of nitrogens with zero attached hydrogens (tertiary/aromatic N) is 1. The molecule has 1 atom stereocenters. The van der Waals surface area contributed by atoms with Crippen LogP contribution in [0.1, 0.15) is 37.6 Å². The molecule has 2 heterocycles. The summed E-state index contributed by atoms with van der Waals surface area (Å²) in [7, 11) is 0. The largest absolute Gasteiger partial charge is 0.365 e. The fourth-order valence-corrected chi connectivity index (χ4v) is 2.26. The summed E-state index contributed by atoms with van der Waals surface area (Å²) < 4.78 is 0. The summed E-state index contributed by atoms with van der Waals surface area (Å²) in [5.41, 5.74) is 2.94.